The van der Waals surface area contributed by atoms with E-state index in [9.17, 15) is 0 Å². The molecule has 70 valence electrons. The number of aliphatic imine (C=N–C) groups is 1. The Labute approximate surface area is 74.2 Å². The van der Waals surface area contributed by atoms with E-state index < -0.39 is 0 Å². The fraction of sp³-hybridized carbons (Fsp3) is 0.889. The van der Waals surface area contributed by atoms with E-state index in [1.165, 1.54) is 12.8 Å². The highest BCUT2D eigenvalue weighted by Gasteiger charge is 2.24. The molecule has 3 nitrogen and oxygen atoms in total. The van der Waals surface area contributed by atoms with Crippen LogP contribution in [-0.2, 0) is 0 Å². The van der Waals surface area contributed by atoms with E-state index in [1.54, 1.807) is 0 Å². The highest BCUT2D eigenvalue weighted by molar-refractivity contribution is 5.75. The Morgan fingerprint density at radius 3 is 2.42 bits per heavy atom. The molecule has 3 atom stereocenters. The van der Waals surface area contributed by atoms with Crippen LogP contribution in [0.3, 0.4) is 0 Å². The zero-order valence-corrected chi connectivity index (χ0v) is 7.96. The molecule has 1 fully saturated rings. The van der Waals surface area contributed by atoms with Crippen LogP contribution in [0.5, 0.6) is 0 Å². The van der Waals surface area contributed by atoms with Crippen LogP contribution in [-0.4, -0.2) is 12.0 Å². The minimum absolute atomic E-state index is 0.237. The molecular weight excluding hydrogens is 150 g/mol. The first-order valence-corrected chi connectivity index (χ1v) is 4.68. The van der Waals surface area contributed by atoms with Gasteiger partial charge in [0.05, 0.1) is 6.04 Å². The summed E-state index contributed by atoms with van der Waals surface area (Å²) in [7, 11) is 0. The molecule has 0 aliphatic heterocycles. The van der Waals surface area contributed by atoms with Gasteiger partial charge in [0, 0.05) is 0 Å². The van der Waals surface area contributed by atoms with Crippen LogP contribution in [0, 0.1) is 11.8 Å². The van der Waals surface area contributed by atoms with Crippen molar-refractivity contribution in [3.05, 3.63) is 0 Å². The first-order valence-electron chi connectivity index (χ1n) is 4.68. The summed E-state index contributed by atoms with van der Waals surface area (Å²) in [5.74, 6) is 1.71. The molecule has 0 spiro atoms. The maximum Gasteiger partial charge on any atom is 0.186 e. The summed E-state index contributed by atoms with van der Waals surface area (Å²) in [6.45, 7) is 4.52. The van der Waals surface area contributed by atoms with E-state index in [2.05, 4.69) is 18.8 Å². The molecule has 0 bridgehead atoms. The number of guanidine groups is 1. The third-order valence-corrected chi connectivity index (χ3v) is 2.70. The maximum atomic E-state index is 5.35. The minimum Gasteiger partial charge on any atom is -0.370 e. The second-order valence-corrected chi connectivity index (χ2v) is 4.02. The number of hydrogen-bond acceptors (Lipinski definition) is 1. The molecule has 3 heteroatoms. The van der Waals surface area contributed by atoms with Crippen LogP contribution in [0.25, 0.3) is 0 Å². The van der Waals surface area contributed by atoms with Crippen molar-refractivity contribution in [3.8, 4) is 0 Å². The van der Waals surface area contributed by atoms with E-state index in [-0.39, 0.29) is 5.96 Å². The Hall–Kier alpha value is -0.730. The Morgan fingerprint density at radius 2 is 1.92 bits per heavy atom. The van der Waals surface area contributed by atoms with E-state index in [0.717, 1.165) is 12.3 Å². The zero-order chi connectivity index (χ0) is 9.14. The molecule has 0 aromatic carbocycles. The van der Waals surface area contributed by atoms with Gasteiger partial charge < -0.3 is 11.5 Å². The predicted octanol–water partition coefficient (Wildman–Crippen LogP) is 1.08. The number of nitrogens with two attached hydrogens (primary N) is 2. The lowest BCUT2D eigenvalue weighted by molar-refractivity contribution is 0.264. The SMILES string of the molecule is CC1CCC(N=C(N)N)C(C)C1. The van der Waals surface area contributed by atoms with Gasteiger partial charge in [-0.1, -0.05) is 13.8 Å². The molecule has 0 aromatic rings. The third kappa shape index (κ3) is 2.40. The Kier molecular flexibility index (Phi) is 2.95. The molecule has 12 heavy (non-hydrogen) atoms. The molecule has 0 radical (unpaired) electrons. The Balaban J connectivity index is 2.51. The zero-order valence-electron chi connectivity index (χ0n) is 7.96. The molecular formula is C9H19N3. The predicted molar refractivity (Wildman–Crippen MR) is 51.8 cm³/mol. The van der Waals surface area contributed by atoms with Gasteiger partial charge in [-0.3, -0.25) is 4.99 Å². The molecule has 0 amide bonds. The van der Waals surface area contributed by atoms with Crippen LogP contribution < -0.4 is 11.5 Å². The molecule has 0 aromatic heterocycles. The van der Waals surface area contributed by atoms with Gasteiger partial charge in [0.15, 0.2) is 5.96 Å². The molecule has 4 N–H and O–H groups in total. The fourth-order valence-corrected chi connectivity index (χ4v) is 2.03. The van der Waals surface area contributed by atoms with Gasteiger partial charge in [0.2, 0.25) is 0 Å². The van der Waals surface area contributed by atoms with E-state index in [1.807, 2.05) is 0 Å². The monoisotopic (exact) mass is 169 g/mol. The van der Waals surface area contributed by atoms with Gasteiger partial charge in [-0.25, -0.2) is 0 Å². The molecule has 0 saturated heterocycles. The molecule has 1 saturated carbocycles. The van der Waals surface area contributed by atoms with E-state index in [0.29, 0.717) is 12.0 Å². The molecule has 1 rings (SSSR count). The van der Waals surface area contributed by atoms with Crippen molar-refractivity contribution in [3.63, 3.8) is 0 Å². The molecule has 3 unspecified atom stereocenters. The molecule has 1 aliphatic carbocycles. The highest BCUT2D eigenvalue weighted by atomic mass is 15.0. The lowest BCUT2D eigenvalue weighted by atomic mass is 9.80. The van der Waals surface area contributed by atoms with Gasteiger partial charge in [0.1, 0.15) is 0 Å². The summed E-state index contributed by atoms with van der Waals surface area (Å²) in [5.41, 5.74) is 10.7. The Bertz CT molecular complexity index is 173. The number of nitrogens with zero attached hydrogens (tertiary/aromatic N) is 1. The number of hydrogen-bond donors (Lipinski definition) is 2. The lowest BCUT2D eigenvalue weighted by Crippen LogP contribution is -2.31. The quantitative estimate of drug-likeness (QED) is 0.456. The average molecular weight is 169 g/mol. The second-order valence-electron chi connectivity index (χ2n) is 4.02. The van der Waals surface area contributed by atoms with Gasteiger partial charge in [0.25, 0.3) is 0 Å². The number of rotatable bonds is 1. The van der Waals surface area contributed by atoms with Crippen molar-refractivity contribution in [1.29, 1.82) is 0 Å². The van der Waals surface area contributed by atoms with Crippen LogP contribution in [0.1, 0.15) is 33.1 Å². The smallest absolute Gasteiger partial charge is 0.186 e. The van der Waals surface area contributed by atoms with Crippen LogP contribution in [0.2, 0.25) is 0 Å². The highest BCUT2D eigenvalue weighted by Crippen LogP contribution is 2.30. The lowest BCUT2D eigenvalue weighted by Gasteiger charge is -2.29. The van der Waals surface area contributed by atoms with Gasteiger partial charge >= 0.3 is 0 Å². The van der Waals surface area contributed by atoms with E-state index in [4.69, 9.17) is 11.5 Å². The van der Waals surface area contributed by atoms with Crippen LogP contribution in [0.15, 0.2) is 4.99 Å². The Morgan fingerprint density at radius 1 is 1.25 bits per heavy atom. The van der Waals surface area contributed by atoms with Crippen molar-refractivity contribution in [1.82, 2.24) is 0 Å². The second kappa shape index (κ2) is 3.78. The van der Waals surface area contributed by atoms with Crippen LogP contribution in [0.4, 0.5) is 0 Å². The first kappa shape index (κ1) is 9.36. The van der Waals surface area contributed by atoms with Gasteiger partial charge in [-0.2, -0.15) is 0 Å². The van der Waals surface area contributed by atoms with Crippen molar-refractivity contribution in [2.24, 2.45) is 28.3 Å². The first-order chi connectivity index (χ1) is 5.59. The standard InChI is InChI=1S/C9H19N3/c1-6-3-4-8(7(2)5-6)12-9(10)11/h6-8H,3-5H2,1-2H3,(H4,10,11,12). The largest absolute Gasteiger partial charge is 0.370 e. The third-order valence-electron chi connectivity index (χ3n) is 2.70. The van der Waals surface area contributed by atoms with E-state index >= 15 is 0 Å². The average Bonchev–Trinajstić information content (AvgIpc) is 1.94. The van der Waals surface area contributed by atoms with Crippen molar-refractivity contribution in [2.75, 3.05) is 0 Å². The fourth-order valence-electron chi connectivity index (χ4n) is 2.03. The topological polar surface area (TPSA) is 64.4 Å². The van der Waals surface area contributed by atoms with Crippen molar-refractivity contribution in [2.45, 2.75) is 39.2 Å². The van der Waals surface area contributed by atoms with Crippen molar-refractivity contribution >= 4 is 5.96 Å². The van der Waals surface area contributed by atoms with Crippen LogP contribution >= 0.6 is 0 Å². The summed E-state index contributed by atoms with van der Waals surface area (Å²) >= 11 is 0. The molecule has 0 heterocycles. The summed E-state index contributed by atoms with van der Waals surface area (Å²) < 4.78 is 0. The minimum atomic E-state index is 0.237. The maximum absolute atomic E-state index is 5.35. The normalized spacial score (nSPS) is 36.0. The summed E-state index contributed by atoms with van der Waals surface area (Å²) in [6.07, 6.45) is 3.65. The molecule has 1 aliphatic rings. The summed E-state index contributed by atoms with van der Waals surface area (Å²) in [5, 5.41) is 0. The summed E-state index contributed by atoms with van der Waals surface area (Å²) in [6, 6.07) is 0.367. The summed E-state index contributed by atoms with van der Waals surface area (Å²) in [4.78, 5) is 4.22. The van der Waals surface area contributed by atoms with Gasteiger partial charge in [-0.05, 0) is 31.1 Å². The van der Waals surface area contributed by atoms with Crippen molar-refractivity contribution < 1.29 is 0 Å². The van der Waals surface area contributed by atoms with Gasteiger partial charge in [-0.15, -0.1) is 0 Å².